The first-order valence-electron chi connectivity index (χ1n) is 10.0. The predicted octanol–water partition coefficient (Wildman–Crippen LogP) is 5.31. The summed E-state index contributed by atoms with van der Waals surface area (Å²) in [5.74, 6) is 0. The molecule has 0 spiro atoms. The third-order valence-electron chi connectivity index (χ3n) is 4.75. The Morgan fingerprint density at radius 2 is 0.480 bits per heavy atom. The minimum atomic E-state index is -0.0128. The van der Waals surface area contributed by atoms with Gasteiger partial charge in [-0.05, 0) is 31.7 Å². The Hall–Kier alpha value is 3.07. The van der Waals surface area contributed by atoms with E-state index in [0.29, 0.717) is 0 Å². The van der Waals surface area contributed by atoms with Gasteiger partial charge in [-0.3, -0.25) is 0 Å². The number of hydrogen-bond donors (Lipinski definition) is 0. The van der Waals surface area contributed by atoms with Crippen LogP contribution in [0.5, 0.6) is 0 Å². The first kappa shape index (κ1) is 30.3. The van der Waals surface area contributed by atoms with Crippen molar-refractivity contribution in [1.82, 2.24) is 0 Å². The van der Waals surface area contributed by atoms with Gasteiger partial charge in [0.05, 0.1) is 61.6 Å². The van der Waals surface area contributed by atoms with Crippen molar-refractivity contribution < 1.29 is 16.5 Å². The zero-order chi connectivity index (χ0) is 18.5. The van der Waals surface area contributed by atoms with Gasteiger partial charge in [-0.15, -0.1) is 0 Å². The van der Waals surface area contributed by atoms with E-state index in [2.05, 4.69) is 53.3 Å². The Bertz CT molecular complexity index is 235. The molecule has 0 fully saturated rings. The summed E-state index contributed by atoms with van der Waals surface area (Å²) >= 11 is 0. The second-order valence-corrected chi connectivity index (χ2v) is 26.5. The molecule has 0 aromatic rings. The van der Waals surface area contributed by atoms with E-state index in [0.717, 1.165) is 0 Å². The molecule has 7 heteroatoms. The molecule has 0 amide bonds. The zero-order valence-corrected chi connectivity index (χ0v) is 25.4. The molecule has 0 heterocycles. The minimum Gasteiger partial charge on any atom is -0.00165 e. The maximum Gasteiger partial charge on any atom is 0.0907 e. The van der Waals surface area contributed by atoms with Gasteiger partial charge >= 0.3 is 0 Å². The third kappa shape index (κ3) is 21.6. The van der Waals surface area contributed by atoms with Gasteiger partial charge in [0, 0.05) is 85.7 Å². The first-order valence-corrected chi connectivity index (χ1v) is 25.1. The summed E-state index contributed by atoms with van der Waals surface area (Å²) in [4.78, 5) is 0. The van der Waals surface area contributed by atoms with E-state index in [9.17, 15) is 0 Å². The maximum absolute atomic E-state index is 2.52. The number of hydrogen-bond acceptors (Lipinski definition) is 0. The van der Waals surface area contributed by atoms with E-state index in [-0.39, 0.29) is 64.0 Å². The molecule has 0 unspecified atom stereocenters. The second-order valence-electron chi connectivity index (χ2n) is 8.83. The minimum absolute atomic E-state index is 0. The van der Waals surface area contributed by atoms with Crippen LogP contribution in [0.4, 0.5) is 0 Å². The standard InChI is InChI=1S/C18H44P6.Ni/c1-19(2)9-13-23(14-10-20(3)4)17-18-24(15-11-21(5)6)16-12-22(7)8;/h9-18H2,1-8H3;/p+6. The molecule has 25 heavy (non-hydrogen) atoms. The van der Waals surface area contributed by atoms with Crippen LogP contribution in [-0.2, 0) is 16.5 Å². The fourth-order valence-electron chi connectivity index (χ4n) is 2.81. The fraction of sp³-hybridized carbons (Fsp3) is 1.00. The summed E-state index contributed by atoms with van der Waals surface area (Å²) in [6.07, 6.45) is 16.4. The fourth-order valence-corrected chi connectivity index (χ4v) is 20.8. The van der Waals surface area contributed by atoms with Gasteiger partial charge in [-0.25, -0.2) is 0 Å². The van der Waals surface area contributed by atoms with Gasteiger partial charge < -0.3 is 0 Å². The van der Waals surface area contributed by atoms with Crippen molar-refractivity contribution in [2.45, 2.75) is 0 Å². The van der Waals surface area contributed by atoms with E-state index in [1.807, 2.05) is 0 Å². The van der Waals surface area contributed by atoms with E-state index in [1.54, 1.807) is 61.6 Å². The van der Waals surface area contributed by atoms with Crippen LogP contribution in [-0.4, -0.2) is 115 Å². The average Bonchev–Trinajstić information content (AvgIpc) is 2.47. The van der Waals surface area contributed by atoms with Crippen molar-refractivity contribution in [2.75, 3.05) is 115 Å². The van der Waals surface area contributed by atoms with Crippen LogP contribution < -0.4 is 0 Å². The summed E-state index contributed by atoms with van der Waals surface area (Å²) in [5, 5.41) is 0. The Morgan fingerprint density at radius 1 is 0.320 bits per heavy atom. The molecule has 156 valence electrons. The van der Waals surface area contributed by atoms with Gasteiger partial charge in [0.15, 0.2) is 0 Å². The maximum atomic E-state index is 2.52. The molecule has 0 aliphatic carbocycles. The molecule has 0 bridgehead atoms. The molecular weight excluding hydrogens is 461 g/mol. The molecule has 0 N–H and O–H groups in total. The smallest absolute Gasteiger partial charge is 0.00165 e. The third-order valence-corrected chi connectivity index (χ3v) is 18.0. The second kappa shape index (κ2) is 19.1. The molecule has 0 rings (SSSR count). The van der Waals surface area contributed by atoms with Gasteiger partial charge in [-0.1, -0.05) is 0 Å². The Labute approximate surface area is 178 Å². The van der Waals surface area contributed by atoms with Crippen LogP contribution >= 0.6 is 47.5 Å². The van der Waals surface area contributed by atoms with Crippen LogP contribution in [0.15, 0.2) is 0 Å². The largest absolute Gasteiger partial charge is 0.0907 e. The molecule has 0 aromatic heterocycles. The van der Waals surface area contributed by atoms with Crippen molar-refractivity contribution in [3.8, 4) is 0 Å². The van der Waals surface area contributed by atoms with Crippen molar-refractivity contribution in [3.05, 3.63) is 0 Å². The molecule has 0 aromatic carbocycles. The Kier molecular flexibility index (Phi) is 23.1. The SMILES string of the molecule is C[PH+](C)CC[PH+](CC[PH+](C)C)CC[PH+](CC[PH+](C)C)CC[PH+](C)C.[Ni]. The molecule has 0 atom stereocenters. The van der Waals surface area contributed by atoms with Gasteiger partial charge in [0.2, 0.25) is 0 Å². The van der Waals surface area contributed by atoms with E-state index in [4.69, 9.17) is 0 Å². The zero-order valence-electron chi connectivity index (χ0n) is 18.4. The molecule has 0 aliphatic rings. The van der Waals surface area contributed by atoms with Crippen LogP contribution in [0, 0.1) is 0 Å². The molecule has 0 saturated heterocycles. The summed E-state index contributed by atoms with van der Waals surface area (Å²) in [7, 11) is -0.0153. The molecular formula is C18H50NiP6+6. The predicted molar refractivity (Wildman–Crippen MR) is 146 cm³/mol. The molecule has 0 nitrogen and oxygen atoms in total. The Morgan fingerprint density at radius 3 is 0.640 bits per heavy atom. The van der Waals surface area contributed by atoms with Crippen molar-refractivity contribution >= 4 is 47.5 Å². The summed E-state index contributed by atoms with van der Waals surface area (Å²) in [5.41, 5.74) is 0. The molecule has 0 aliphatic heterocycles. The quantitative estimate of drug-likeness (QED) is 0.207. The molecule has 0 saturated carbocycles. The van der Waals surface area contributed by atoms with E-state index in [1.165, 1.54) is 0 Å². The summed E-state index contributed by atoms with van der Waals surface area (Å²) in [6, 6.07) is 0. The van der Waals surface area contributed by atoms with Crippen LogP contribution in [0.25, 0.3) is 0 Å². The van der Waals surface area contributed by atoms with Gasteiger partial charge in [0.25, 0.3) is 0 Å². The monoisotopic (exact) mass is 510 g/mol. The van der Waals surface area contributed by atoms with E-state index < -0.39 is 0 Å². The normalized spacial score (nSPS) is 12.2. The van der Waals surface area contributed by atoms with Crippen LogP contribution in [0.1, 0.15) is 0 Å². The van der Waals surface area contributed by atoms with Crippen molar-refractivity contribution in [3.63, 3.8) is 0 Å². The van der Waals surface area contributed by atoms with Crippen molar-refractivity contribution in [2.24, 2.45) is 0 Å². The van der Waals surface area contributed by atoms with Crippen molar-refractivity contribution in [1.29, 1.82) is 0 Å². The summed E-state index contributed by atoms with van der Waals surface area (Å²) < 4.78 is 0. The average molecular weight is 511 g/mol. The molecule has 0 radical (unpaired) electrons. The first-order chi connectivity index (χ1) is 11.2. The van der Waals surface area contributed by atoms with Crippen LogP contribution in [0.3, 0.4) is 0 Å². The Balaban J connectivity index is 0. The topological polar surface area (TPSA) is 0 Å². The number of rotatable bonds is 15. The van der Waals surface area contributed by atoms with E-state index >= 15 is 0 Å². The van der Waals surface area contributed by atoms with Crippen LogP contribution in [0.2, 0.25) is 0 Å². The van der Waals surface area contributed by atoms with Gasteiger partial charge in [0.1, 0.15) is 0 Å². The summed E-state index contributed by atoms with van der Waals surface area (Å²) in [6.45, 7) is 20.2. The van der Waals surface area contributed by atoms with Gasteiger partial charge in [-0.2, -0.15) is 0 Å².